The summed E-state index contributed by atoms with van der Waals surface area (Å²) in [5.74, 6) is -0.849. The maximum absolute atomic E-state index is 12.6. The van der Waals surface area contributed by atoms with Crippen molar-refractivity contribution in [2.45, 2.75) is 39.0 Å². The van der Waals surface area contributed by atoms with Crippen LogP contribution in [0.4, 0.5) is 13.2 Å². The van der Waals surface area contributed by atoms with Gasteiger partial charge in [-0.25, -0.2) is 0 Å². The highest BCUT2D eigenvalue weighted by molar-refractivity contribution is 5.76. The Kier molecular flexibility index (Phi) is 3.27. The zero-order chi connectivity index (χ0) is 13.3. The molecule has 1 aliphatic heterocycles. The Morgan fingerprint density at radius 3 is 2.67 bits per heavy atom. The number of amides is 1. The van der Waals surface area contributed by atoms with Crippen molar-refractivity contribution < 1.29 is 18.0 Å². The first-order valence-corrected chi connectivity index (χ1v) is 5.70. The number of nitrogens with zero attached hydrogens (tertiary/aromatic N) is 4. The molecule has 0 unspecified atom stereocenters. The van der Waals surface area contributed by atoms with Crippen LogP contribution >= 0.6 is 0 Å². The van der Waals surface area contributed by atoms with E-state index in [9.17, 15) is 18.0 Å². The molecule has 0 N–H and O–H groups in total. The lowest BCUT2D eigenvalue weighted by Gasteiger charge is -2.28. The molecule has 1 aromatic rings. The minimum absolute atomic E-state index is 0.0553. The molecule has 0 aromatic carbocycles. The number of alkyl halides is 3. The van der Waals surface area contributed by atoms with E-state index in [1.54, 1.807) is 0 Å². The molecule has 0 atom stereocenters. The fourth-order valence-electron chi connectivity index (χ4n) is 1.95. The monoisotopic (exact) mass is 262 g/mol. The van der Waals surface area contributed by atoms with Gasteiger partial charge in [0.15, 0.2) is 5.82 Å². The molecular formula is C10H13F3N4O. The van der Waals surface area contributed by atoms with Gasteiger partial charge in [-0.3, -0.25) is 4.79 Å². The second kappa shape index (κ2) is 4.58. The van der Waals surface area contributed by atoms with Crippen LogP contribution < -0.4 is 0 Å². The summed E-state index contributed by atoms with van der Waals surface area (Å²) in [5, 5.41) is 6.67. The average Bonchev–Trinajstić information content (AvgIpc) is 2.71. The highest BCUT2D eigenvalue weighted by Gasteiger charge is 2.39. The second-order valence-electron chi connectivity index (χ2n) is 4.15. The predicted molar refractivity (Wildman–Crippen MR) is 55.3 cm³/mol. The van der Waals surface area contributed by atoms with Gasteiger partial charge in [-0.05, 0) is 6.42 Å². The number of carbonyl (C=O) groups is 1. The number of fused-ring (bicyclic) bond motifs is 1. The number of hydrogen-bond donors (Lipinski definition) is 0. The van der Waals surface area contributed by atoms with Gasteiger partial charge in [-0.2, -0.15) is 13.2 Å². The molecule has 1 aromatic heterocycles. The van der Waals surface area contributed by atoms with Crippen LogP contribution in [0.5, 0.6) is 0 Å². The number of hydrogen-bond acceptors (Lipinski definition) is 3. The quantitative estimate of drug-likeness (QED) is 0.810. The molecular weight excluding hydrogens is 249 g/mol. The fourth-order valence-corrected chi connectivity index (χ4v) is 1.95. The van der Waals surface area contributed by atoms with Crippen molar-refractivity contribution in [3.05, 3.63) is 11.6 Å². The Morgan fingerprint density at radius 1 is 1.33 bits per heavy atom. The third-order valence-electron chi connectivity index (χ3n) is 2.82. The molecule has 0 radical (unpaired) electrons. The Morgan fingerprint density at radius 2 is 2.06 bits per heavy atom. The molecule has 2 heterocycles. The van der Waals surface area contributed by atoms with Crippen molar-refractivity contribution >= 4 is 5.91 Å². The van der Waals surface area contributed by atoms with Gasteiger partial charge in [-0.1, -0.05) is 6.92 Å². The summed E-state index contributed by atoms with van der Waals surface area (Å²) in [4.78, 5) is 13.2. The highest BCUT2D eigenvalue weighted by atomic mass is 19.4. The molecule has 1 aliphatic rings. The Labute approximate surface area is 102 Å². The van der Waals surface area contributed by atoms with Gasteiger partial charge in [0.05, 0.1) is 6.54 Å². The van der Waals surface area contributed by atoms with Gasteiger partial charge < -0.3 is 9.47 Å². The molecule has 2 rings (SSSR count). The van der Waals surface area contributed by atoms with Crippen LogP contribution in [0.1, 0.15) is 31.4 Å². The Bertz CT molecular complexity index is 454. The van der Waals surface area contributed by atoms with E-state index in [0.29, 0.717) is 6.42 Å². The van der Waals surface area contributed by atoms with E-state index in [2.05, 4.69) is 10.2 Å². The number of rotatable bonds is 2. The molecule has 18 heavy (non-hydrogen) atoms. The normalized spacial score (nSPS) is 15.7. The zero-order valence-corrected chi connectivity index (χ0v) is 9.87. The van der Waals surface area contributed by atoms with Gasteiger partial charge in [0.2, 0.25) is 11.7 Å². The van der Waals surface area contributed by atoms with E-state index in [-0.39, 0.29) is 31.4 Å². The van der Waals surface area contributed by atoms with Crippen LogP contribution in [0, 0.1) is 0 Å². The summed E-state index contributed by atoms with van der Waals surface area (Å²) in [6.07, 6.45) is -3.38. The lowest BCUT2D eigenvalue weighted by Crippen LogP contribution is -2.39. The van der Waals surface area contributed by atoms with E-state index < -0.39 is 12.0 Å². The first kappa shape index (κ1) is 12.8. The molecule has 0 bridgehead atoms. The van der Waals surface area contributed by atoms with Crippen LogP contribution in [0.25, 0.3) is 0 Å². The maximum atomic E-state index is 12.6. The van der Waals surface area contributed by atoms with Crippen LogP contribution in [0.15, 0.2) is 0 Å². The van der Waals surface area contributed by atoms with Gasteiger partial charge in [0.25, 0.3) is 0 Å². The summed E-state index contributed by atoms with van der Waals surface area (Å²) >= 11 is 0. The van der Waals surface area contributed by atoms with Crippen LogP contribution in [-0.4, -0.2) is 32.1 Å². The van der Waals surface area contributed by atoms with Gasteiger partial charge >= 0.3 is 6.18 Å². The van der Waals surface area contributed by atoms with Crippen LogP contribution in [0.2, 0.25) is 0 Å². The van der Waals surface area contributed by atoms with Crippen molar-refractivity contribution in [3.8, 4) is 0 Å². The maximum Gasteiger partial charge on any atom is 0.451 e. The smallest absolute Gasteiger partial charge is 0.333 e. The Balaban J connectivity index is 2.17. The summed E-state index contributed by atoms with van der Waals surface area (Å²) in [6.45, 7) is 2.34. The summed E-state index contributed by atoms with van der Waals surface area (Å²) < 4.78 is 38.8. The number of carbonyl (C=O) groups excluding carboxylic acids is 1. The molecule has 100 valence electrons. The SMILES string of the molecule is CCCC(=O)N1CCn2c(nnc2C(F)(F)F)C1. The molecule has 5 nitrogen and oxygen atoms in total. The molecule has 0 saturated heterocycles. The van der Waals surface area contributed by atoms with E-state index in [0.717, 1.165) is 11.0 Å². The first-order valence-electron chi connectivity index (χ1n) is 5.70. The van der Waals surface area contributed by atoms with Crippen LogP contribution in [-0.2, 0) is 24.1 Å². The van der Waals surface area contributed by atoms with Crippen molar-refractivity contribution in [1.29, 1.82) is 0 Å². The Hall–Kier alpha value is -1.60. The lowest BCUT2D eigenvalue weighted by molar-refractivity contribution is -0.148. The van der Waals surface area contributed by atoms with Crippen molar-refractivity contribution in [2.75, 3.05) is 6.54 Å². The standard InChI is InChI=1S/C10H13F3N4O/c1-2-3-8(18)16-4-5-17-7(6-16)14-15-9(17)10(11,12)13/h2-6H2,1H3. The largest absolute Gasteiger partial charge is 0.451 e. The molecule has 0 spiro atoms. The van der Waals surface area contributed by atoms with Gasteiger partial charge in [0.1, 0.15) is 0 Å². The minimum atomic E-state index is -4.50. The van der Waals surface area contributed by atoms with Crippen molar-refractivity contribution in [1.82, 2.24) is 19.7 Å². The molecule has 0 aliphatic carbocycles. The average molecular weight is 262 g/mol. The molecule has 8 heteroatoms. The third kappa shape index (κ3) is 2.32. The fraction of sp³-hybridized carbons (Fsp3) is 0.700. The zero-order valence-electron chi connectivity index (χ0n) is 9.87. The van der Waals surface area contributed by atoms with E-state index in [1.807, 2.05) is 6.92 Å². The van der Waals surface area contributed by atoms with Gasteiger partial charge in [-0.15, -0.1) is 10.2 Å². The first-order chi connectivity index (χ1) is 8.43. The van der Waals surface area contributed by atoms with E-state index >= 15 is 0 Å². The summed E-state index contributed by atoms with van der Waals surface area (Å²) in [6, 6.07) is 0. The lowest BCUT2D eigenvalue weighted by atomic mass is 10.2. The number of aromatic nitrogens is 3. The third-order valence-corrected chi connectivity index (χ3v) is 2.82. The highest BCUT2D eigenvalue weighted by Crippen LogP contribution is 2.29. The van der Waals surface area contributed by atoms with E-state index in [4.69, 9.17) is 0 Å². The van der Waals surface area contributed by atoms with Gasteiger partial charge in [0, 0.05) is 19.5 Å². The van der Waals surface area contributed by atoms with Crippen molar-refractivity contribution in [3.63, 3.8) is 0 Å². The second-order valence-corrected chi connectivity index (χ2v) is 4.15. The molecule has 0 fully saturated rings. The molecule has 1 amide bonds. The number of halogens is 3. The van der Waals surface area contributed by atoms with Crippen molar-refractivity contribution in [2.24, 2.45) is 0 Å². The topological polar surface area (TPSA) is 51.0 Å². The minimum Gasteiger partial charge on any atom is -0.333 e. The predicted octanol–water partition coefficient (Wildman–Crippen LogP) is 1.44. The summed E-state index contributed by atoms with van der Waals surface area (Å²) in [7, 11) is 0. The van der Waals surface area contributed by atoms with Crippen LogP contribution in [0.3, 0.4) is 0 Å². The summed E-state index contributed by atoms with van der Waals surface area (Å²) in [5.41, 5.74) is 0. The van der Waals surface area contributed by atoms with E-state index in [1.165, 1.54) is 4.90 Å². The molecule has 0 saturated carbocycles.